The minimum Gasteiger partial charge on any atom is -0.454 e. The summed E-state index contributed by atoms with van der Waals surface area (Å²) in [5, 5.41) is 0. The van der Waals surface area contributed by atoms with E-state index in [1.54, 1.807) is 12.4 Å². The molecule has 1 aromatic heterocycles. The molecule has 1 aliphatic rings. The Hall–Kier alpha value is -2.11. The summed E-state index contributed by atoms with van der Waals surface area (Å²) in [6, 6.07) is 9.53. The van der Waals surface area contributed by atoms with E-state index in [0.29, 0.717) is 6.61 Å². The molecule has 1 aromatic carbocycles. The fraction of sp³-hybridized carbons (Fsp3) is 0.312. The van der Waals surface area contributed by atoms with Crippen LogP contribution in [0, 0.1) is 0 Å². The Balaban J connectivity index is 1.70. The number of hydrogen-bond donors (Lipinski definition) is 1. The lowest BCUT2D eigenvalue weighted by Gasteiger charge is -2.21. The molecule has 0 spiro atoms. The van der Waals surface area contributed by atoms with E-state index in [1.807, 2.05) is 37.3 Å². The van der Waals surface area contributed by atoms with Gasteiger partial charge in [-0.1, -0.05) is 12.1 Å². The normalized spacial score (nSPS) is 15.7. The van der Waals surface area contributed by atoms with Gasteiger partial charge in [0, 0.05) is 24.0 Å². The van der Waals surface area contributed by atoms with Gasteiger partial charge in [0.1, 0.15) is 0 Å². The van der Waals surface area contributed by atoms with E-state index in [9.17, 15) is 0 Å². The summed E-state index contributed by atoms with van der Waals surface area (Å²) in [7, 11) is 0. The molecule has 110 valence electrons. The SMILES string of the molecule is CC(N)C(OCc1ccc2c(c1)OCO2)c1cccnc1. The van der Waals surface area contributed by atoms with E-state index in [-0.39, 0.29) is 18.9 Å². The van der Waals surface area contributed by atoms with E-state index in [4.69, 9.17) is 19.9 Å². The summed E-state index contributed by atoms with van der Waals surface area (Å²) in [4.78, 5) is 4.12. The van der Waals surface area contributed by atoms with Crippen molar-refractivity contribution in [2.45, 2.75) is 25.7 Å². The Bertz CT molecular complexity index is 602. The van der Waals surface area contributed by atoms with Crippen molar-refractivity contribution < 1.29 is 14.2 Å². The molecular formula is C16H18N2O3. The van der Waals surface area contributed by atoms with Crippen LogP contribution in [0.1, 0.15) is 24.2 Å². The standard InChI is InChI=1S/C16H18N2O3/c1-11(17)16(13-3-2-6-18-8-13)19-9-12-4-5-14-15(7-12)21-10-20-14/h2-8,11,16H,9-10,17H2,1H3. The second-order valence-electron chi connectivity index (χ2n) is 5.06. The Labute approximate surface area is 123 Å². The molecule has 0 saturated heterocycles. The number of ether oxygens (including phenoxy) is 3. The molecule has 1 aliphatic heterocycles. The molecule has 0 aliphatic carbocycles. The zero-order valence-corrected chi connectivity index (χ0v) is 11.9. The Morgan fingerprint density at radius 3 is 2.90 bits per heavy atom. The molecule has 21 heavy (non-hydrogen) atoms. The van der Waals surface area contributed by atoms with Crippen LogP contribution in [-0.2, 0) is 11.3 Å². The highest BCUT2D eigenvalue weighted by Gasteiger charge is 2.18. The highest BCUT2D eigenvalue weighted by molar-refractivity contribution is 5.44. The van der Waals surface area contributed by atoms with Gasteiger partial charge in [-0.25, -0.2) is 0 Å². The molecule has 0 bridgehead atoms. The lowest BCUT2D eigenvalue weighted by atomic mass is 10.1. The molecule has 0 amide bonds. The number of aromatic nitrogens is 1. The van der Waals surface area contributed by atoms with Gasteiger partial charge in [0.2, 0.25) is 6.79 Å². The number of nitrogens with zero attached hydrogens (tertiary/aromatic N) is 1. The minimum absolute atomic E-state index is 0.122. The Morgan fingerprint density at radius 2 is 2.14 bits per heavy atom. The highest BCUT2D eigenvalue weighted by atomic mass is 16.7. The van der Waals surface area contributed by atoms with Crippen LogP contribution in [0.15, 0.2) is 42.7 Å². The van der Waals surface area contributed by atoms with Crippen LogP contribution in [0.2, 0.25) is 0 Å². The molecule has 2 atom stereocenters. The Morgan fingerprint density at radius 1 is 1.29 bits per heavy atom. The lowest BCUT2D eigenvalue weighted by Crippen LogP contribution is -2.27. The van der Waals surface area contributed by atoms with Crippen LogP contribution in [0.3, 0.4) is 0 Å². The van der Waals surface area contributed by atoms with Crippen molar-refractivity contribution in [3.63, 3.8) is 0 Å². The first-order valence-corrected chi connectivity index (χ1v) is 6.89. The van der Waals surface area contributed by atoms with Crippen LogP contribution in [0.5, 0.6) is 11.5 Å². The molecular weight excluding hydrogens is 268 g/mol. The number of hydrogen-bond acceptors (Lipinski definition) is 5. The van der Waals surface area contributed by atoms with Gasteiger partial charge >= 0.3 is 0 Å². The van der Waals surface area contributed by atoms with Crippen LogP contribution >= 0.6 is 0 Å². The van der Waals surface area contributed by atoms with Gasteiger partial charge in [-0.2, -0.15) is 0 Å². The molecule has 2 heterocycles. The number of rotatable bonds is 5. The molecule has 5 nitrogen and oxygen atoms in total. The third-order valence-electron chi connectivity index (χ3n) is 3.36. The quantitative estimate of drug-likeness (QED) is 0.914. The van der Waals surface area contributed by atoms with Crippen molar-refractivity contribution in [2.75, 3.05) is 6.79 Å². The zero-order valence-electron chi connectivity index (χ0n) is 11.9. The second kappa shape index (κ2) is 6.11. The second-order valence-corrected chi connectivity index (χ2v) is 5.06. The number of fused-ring (bicyclic) bond motifs is 1. The molecule has 2 N–H and O–H groups in total. The third-order valence-corrected chi connectivity index (χ3v) is 3.36. The zero-order chi connectivity index (χ0) is 14.7. The molecule has 0 radical (unpaired) electrons. The van der Waals surface area contributed by atoms with Crippen LogP contribution in [0.25, 0.3) is 0 Å². The lowest BCUT2D eigenvalue weighted by molar-refractivity contribution is 0.0256. The molecule has 2 unspecified atom stereocenters. The third kappa shape index (κ3) is 3.15. The Kier molecular flexibility index (Phi) is 4.03. The average molecular weight is 286 g/mol. The number of pyridine rings is 1. The summed E-state index contributed by atoms with van der Waals surface area (Å²) < 4.78 is 16.6. The van der Waals surface area contributed by atoms with Crippen LogP contribution in [-0.4, -0.2) is 17.8 Å². The predicted octanol–water partition coefficient (Wildman–Crippen LogP) is 2.42. The van der Waals surface area contributed by atoms with E-state index < -0.39 is 0 Å². The molecule has 0 saturated carbocycles. The van der Waals surface area contributed by atoms with Gasteiger partial charge in [0.25, 0.3) is 0 Å². The van der Waals surface area contributed by atoms with Gasteiger partial charge < -0.3 is 19.9 Å². The van der Waals surface area contributed by atoms with Gasteiger partial charge in [0.05, 0.1) is 12.7 Å². The first-order valence-electron chi connectivity index (χ1n) is 6.89. The monoisotopic (exact) mass is 286 g/mol. The smallest absolute Gasteiger partial charge is 0.231 e. The van der Waals surface area contributed by atoms with E-state index in [0.717, 1.165) is 22.6 Å². The maximum atomic E-state index is 6.03. The number of benzene rings is 1. The maximum Gasteiger partial charge on any atom is 0.231 e. The average Bonchev–Trinajstić information content (AvgIpc) is 2.96. The summed E-state index contributed by atoms with van der Waals surface area (Å²) in [5.41, 5.74) is 8.03. The van der Waals surface area contributed by atoms with E-state index in [1.165, 1.54) is 0 Å². The summed E-state index contributed by atoms with van der Waals surface area (Å²) >= 11 is 0. The van der Waals surface area contributed by atoms with E-state index in [2.05, 4.69) is 4.98 Å². The van der Waals surface area contributed by atoms with Crippen molar-refractivity contribution in [1.29, 1.82) is 0 Å². The summed E-state index contributed by atoms with van der Waals surface area (Å²) in [6.07, 6.45) is 3.33. The topological polar surface area (TPSA) is 66.6 Å². The van der Waals surface area contributed by atoms with Crippen molar-refractivity contribution in [2.24, 2.45) is 5.73 Å². The van der Waals surface area contributed by atoms with Crippen LogP contribution < -0.4 is 15.2 Å². The van der Waals surface area contributed by atoms with Crippen molar-refractivity contribution in [3.8, 4) is 11.5 Å². The molecule has 0 fully saturated rings. The first kappa shape index (κ1) is 13.9. The predicted molar refractivity (Wildman–Crippen MR) is 78.0 cm³/mol. The van der Waals surface area contributed by atoms with Gasteiger partial charge in [-0.05, 0) is 30.7 Å². The largest absolute Gasteiger partial charge is 0.454 e. The maximum absolute atomic E-state index is 6.03. The minimum atomic E-state index is -0.191. The van der Waals surface area contributed by atoms with E-state index >= 15 is 0 Å². The van der Waals surface area contributed by atoms with Gasteiger partial charge in [0.15, 0.2) is 11.5 Å². The number of nitrogens with two attached hydrogens (primary N) is 1. The fourth-order valence-corrected chi connectivity index (χ4v) is 2.31. The molecule has 5 heteroatoms. The molecule has 2 aromatic rings. The summed E-state index contributed by atoms with van der Waals surface area (Å²) in [6.45, 7) is 2.66. The van der Waals surface area contributed by atoms with Gasteiger partial charge in [-0.3, -0.25) is 4.98 Å². The van der Waals surface area contributed by atoms with Crippen molar-refractivity contribution in [1.82, 2.24) is 4.98 Å². The highest BCUT2D eigenvalue weighted by Crippen LogP contribution is 2.33. The fourth-order valence-electron chi connectivity index (χ4n) is 2.31. The van der Waals surface area contributed by atoms with Crippen molar-refractivity contribution in [3.05, 3.63) is 53.9 Å². The summed E-state index contributed by atoms with van der Waals surface area (Å²) in [5.74, 6) is 1.53. The first-order chi connectivity index (χ1) is 10.2. The van der Waals surface area contributed by atoms with Crippen molar-refractivity contribution >= 4 is 0 Å². The van der Waals surface area contributed by atoms with Crippen LogP contribution in [0.4, 0.5) is 0 Å². The molecule has 3 rings (SSSR count). The van der Waals surface area contributed by atoms with Gasteiger partial charge in [-0.15, -0.1) is 0 Å².